The normalized spacial score (nSPS) is 12.9. The zero-order valence-corrected chi connectivity index (χ0v) is 12.7. The highest BCUT2D eigenvalue weighted by molar-refractivity contribution is 7.19. The minimum atomic E-state index is 0.389. The number of hydrogen-bond donors (Lipinski definition) is 1. The van der Waals surface area contributed by atoms with Gasteiger partial charge in [0.25, 0.3) is 0 Å². The van der Waals surface area contributed by atoms with Crippen molar-refractivity contribution in [3.05, 3.63) is 53.2 Å². The third-order valence-corrected chi connectivity index (χ3v) is 4.92. The molecule has 0 fully saturated rings. The van der Waals surface area contributed by atoms with Gasteiger partial charge in [0.2, 0.25) is 0 Å². The Morgan fingerprint density at radius 1 is 1.30 bits per heavy atom. The Kier molecular flexibility index (Phi) is 3.85. The van der Waals surface area contributed by atoms with Crippen molar-refractivity contribution in [2.24, 2.45) is 7.05 Å². The van der Waals surface area contributed by atoms with Gasteiger partial charge in [0, 0.05) is 47.5 Å². The minimum absolute atomic E-state index is 0.389. The first-order valence-corrected chi connectivity index (χ1v) is 7.74. The van der Waals surface area contributed by atoms with Crippen LogP contribution in [0.25, 0.3) is 10.1 Å². The summed E-state index contributed by atoms with van der Waals surface area (Å²) in [6.07, 6.45) is 2.86. The van der Waals surface area contributed by atoms with Gasteiger partial charge in [0.1, 0.15) is 0 Å². The predicted molar refractivity (Wildman–Crippen MR) is 85.2 cm³/mol. The van der Waals surface area contributed by atoms with E-state index >= 15 is 0 Å². The lowest BCUT2D eigenvalue weighted by atomic mass is 10.2. The van der Waals surface area contributed by atoms with Crippen molar-refractivity contribution in [1.82, 2.24) is 15.1 Å². The lowest BCUT2D eigenvalue weighted by Crippen LogP contribution is -2.21. The molecule has 1 atom stereocenters. The average molecular weight is 285 g/mol. The van der Waals surface area contributed by atoms with Crippen LogP contribution < -0.4 is 5.32 Å². The quantitative estimate of drug-likeness (QED) is 0.777. The molecule has 0 amide bonds. The molecule has 0 saturated heterocycles. The molecule has 3 rings (SSSR count). The second-order valence-corrected chi connectivity index (χ2v) is 6.17. The molecule has 0 aliphatic heterocycles. The van der Waals surface area contributed by atoms with Crippen molar-refractivity contribution in [2.75, 3.05) is 6.54 Å². The van der Waals surface area contributed by atoms with Crippen molar-refractivity contribution in [1.29, 1.82) is 0 Å². The van der Waals surface area contributed by atoms with Gasteiger partial charge in [0.15, 0.2) is 0 Å². The molecule has 2 aromatic heterocycles. The maximum atomic E-state index is 4.19. The molecule has 1 aromatic carbocycles. The van der Waals surface area contributed by atoms with Crippen LogP contribution in [0.4, 0.5) is 0 Å². The molecule has 0 bridgehead atoms. The van der Waals surface area contributed by atoms with Crippen LogP contribution in [0.2, 0.25) is 0 Å². The van der Waals surface area contributed by atoms with E-state index in [4.69, 9.17) is 0 Å². The number of nitrogens with one attached hydrogen (secondary N) is 1. The Morgan fingerprint density at radius 2 is 2.15 bits per heavy atom. The fourth-order valence-corrected chi connectivity index (χ4v) is 3.47. The molecule has 20 heavy (non-hydrogen) atoms. The van der Waals surface area contributed by atoms with Gasteiger partial charge in [-0.1, -0.05) is 18.2 Å². The molecule has 0 radical (unpaired) electrons. The number of aryl methyl sites for hydroxylation is 1. The van der Waals surface area contributed by atoms with E-state index in [0.717, 1.165) is 13.0 Å². The molecular formula is C16H19N3S. The van der Waals surface area contributed by atoms with E-state index in [1.165, 1.54) is 20.7 Å². The van der Waals surface area contributed by atoms with Gasteiger partial charge in [-0.15, -0.1) is 11.3 Å². The van der Waals surface area contributed by atoms with E-state index in [2.05, 4.69) is 53.7 Å². The Bertz CT molecular complexity index is 665. The third kappa shape index (κ3) is 2.76. The lowest BCUT2D eigenvalue weighted by Gasteiger charge is -2.11. The van der Waals surface area contributed by atoms with Crippen LogP contribution in [0.5, 0.6) is 0 Å². The van der Waals surface area contributed by atoms with Crippen molar-refractivity contribution in [3.8, 4) is 0 Å². The Hall–Kier alpha value is -1.65. The Morgan fingerprint density at radius 3 is 2.90 bits per heavy atom. The van der Waals surface area contributed by atoms with Gasteiger partial charge < -0.3 is 5.32 Å². The summed E-state index contributed by atoms with van der Waals surface area (Å²) in [6.45, 7) is 3.20. The monoisotopic (exact) mass is 285 g/mol. The van der Waals surface area contributed by atoms with Crippen LogP contribution in [0.3, 0.4) is 0 Å². The summed E-state index contributed by atoms with van der Waals surface area (Å²) in [5.74, 6) is 0. The summed E-state index contributed by atoms with van der Waals surface area (Å²) < 4.78 is 3.30. The highest BCUT2D eigenvalue weighted by Crippen LogP contribution is 2.29. The van der Waals surface area contributed by atoms with Gasteiger partial charge in [-0.2, -0.15) is 5.10 Å². The molecule has 0 spiro atoms. The highest BCUT2D eigenvalue weighted by Gasteiger charge is 2.09. The Balaban J connectivity index is 1.61. The van der Waals surface area contributed by atoms with Crippen LogP contribution in [0.15, 0.2) is 42.6 Å². The van der Waals surface area contributed by atoms with Gasteiger partial charge in [-0.3, -0.25) is 4.68 Å². The molecule has 104 valence electrons. The molecule has 4 heteroatoms. The van der Waals surface area contributed by atoms with E-state index in [1.54, 1.807) is 0 Å². The number of fused-ring (bicyclic) bond motifs is 1. The first-order valence-electron chi connectivity index (χ1n) is 6.93. The lowest BCUT2D eigenvalue weighted by molar-refractivity contribution is 0.571. The van der Waals surface area contributed by atoms with Crippen molar-refractivity contribution >= 4 is 21.4 Å². The van der Waals surface area contributed by atoms with Crippen LogP contribution >= 0.6 is 11.3 Å². The van der Waals surface area contributed by atoms with E-state index in [-0.39, 0.29) is 0 Å². The van der Waals surface area contributed by atoms with Crippen LogP contribution in [-0.4, -0.2) is 16.3 Å². The second kappa shape index (κ2) is 5.77. The topological polar surface area (TPSA) is 29.9 Å². The van der Waals surface area contributed by atoms with Gasteiger partial charge in [-0.05, 0) is 30.5 Å². The minimum Gasteiger partial charge on any atom is -0.309 e. The Labute approximate surface area is 123 Å². The SMILES string of the molecule is CC(NCCc1ccnn1C)c1cc2ccccc2s1. The molecule has 0 saturated carbocycles. The number of aromatic nitrogens is 2. The molecule has 2 heterocycles. The average Bonchev–Trinajstić information content (AvgIpc) is 3.05. The van der Waals surface area contributed by atoms with Crippen LogP contribution in [0.1, 0.15) is 23.5 Å². The summed E-state index contributed by atoms with van der Waals surface area (Å²) in [6, 6.07) is 13.3. The molecule has 0 aliphatic carbocycles. The van der Waals surface area contributed by atoms with E-state index in [0.29, 0.717) is 6.04 Å². The number of benzene rings is 1. The summed E-state index contributed by atoms with van der Waals surface area (Å²) >= 11 is 1.88. The smallest absolute Gasteiger partial charge is 0.0492 e. The van der Waals surface area contributed by atoms with E-state index in [1.807, 2.05) is 29.3 Å². The molecule has 0 aliphatic rings. The molecule has 1 N–H and O–H groups in total. The van der Waals surface area contributed by atoms with Crippen molar-refractivity contribution in [2.45, 2.75) is 19.4 Å². The zero-order valence-electron chi connectivity index (χ0n) is 11.8. The van der Waals surface area contributed by atoms with Gasteiger partial charge in [-0.25, -0.2) is 0 Å². The fraction of sp³-hybridized carbons (Fsp3) is 0.312. The maximum Gasteiger partial charge on any atom is 0.0492 e. The first kappa shape index (κ1) is 13.3. The summed E-state index contributed by atoms with van der Waals surface area (Å²) in [5, 5.41) is 9.13. The summed E-state index contributed by atoms with van der Waals surface area (Å²) in [4.78, 5) is 1.40. The standard InChI is InChI=1S/C16H19N3S/c1-12(17-9-7-14-8-10-18-19(14)2)16-11-13-5-3-4-6-15(13)20-16/h3-6,8,10-12,17H,7,9H2,1-2H3. The first-order chi connectivity index (χ1) is 9.74. The third-order valence-electron chi connectivity index (χ3n) is 3.63. The largest absolute Gasteiger partial charge is 0.309 e. The summed E-state index contributed by atoms with van der Waals surface area (Å²) in [5.41, 5.74) is 1.26. The van der Waals surface area contributed by atoms with Gasteiger partial charge in [0.05, 0.1) is 0 Å². The highest BCUT2D eigenvalue weighted by atomic mass is 32.1. The van der Waals surface area contributed by atoms with E-state index < -0.39 is 0 Å². The number of nitrogens with zero attached hydrogens (tertiary/aromatic N) is 2. The predicted octanol–water partition coefficient (Wildman–Crippen LogP) is 3.53. The molecule has 1 unspecified atom stereocenters. The van der Waals surface area contributed by atoms with Crippen molar-refractivity contribution < 1.29 is 0 Å². The second-order valence-electron chi connectivity index (χ2n) is 5.06. The number of thiophene rings is 1. The molecular weight excluding hydrogens is 266 g/mol. The molecule has 3 nitrogen and oxygen atoms in total. The van der Waals surface area contributed by atoms with Gasteiger partial charge >= 0.3 is 0 Å². The maximum absolute atomic E-state index is 4.19. The zero-order chi connectivity index (χ0) is 13.9. The molecule has 3 aromatic rings. The van der Waals surface area contributed by atoms with Crippen molar-refractivity contribution in [3.63, 3.8) is 0 Å². The summed E-state index contributed by atoms with van der Waals surface area (Å²) in [7, 11) is 1.99. The van der Waals surface area contributed by atoms with Crippen LogP contribution in [-0.2, 0) is 13.5 Å². The van der Waals surface area contributed by atoms with E-state index in [9.17, 15) is 0 Å². The van der Waals surface area contributed by atoms with Crippen LogP contribution in [0, 0.1) is 0 Å². The fourth-order valence-electron chi connectivity index (χ4n) is 2.38. The number of hydrogen-bond acceptors (Lipinski definition) is 3. The number of rotatable bonds is 5.